The third-order valence-corrected chi connectivity index (χ3v) is 5.16. The zero-order valence-corrected chi connectivity index (χ0v) is 17.2. The summed E-state index contributed by atoms with van der Waals surface area (Å²) >= 11 is 0. The molecule has 0 atom stereocenters. The van der Waals surface area contributed by atoms with Gasteiger partial charge in [-0.1, -0.05) is 69.2 Å². The molecule has 1 N–H and O–H groups in total. The van der Waals surface area contributed by atoms with Crippen molar-refractivity contribution in [2.24, 2.45) is 0 Å². The van der Waals surface area contributed by atoms with Crippen molar-refractivity contribution in [3.63, 3.8) is 0 Å². The molecule has 4 nitrogen and oxygen atoms in total. The fourth-order valence-corrected chi connectivity index (χ4v) is 3.59. The Bertz CT molecular complexity index is 1070. The number of aromatic nitrogens is 3. The average Bonchev–Trinajstić information content (AvgIpc) is 3.18. The molecule has 0 saturated heterocycles. The van der Waals surface area contributed by atoms with E-state index in [0.717, 1.165) is 53.2 Å². The highest BCUT2D eigenvalue weighted by Crippen LogP contribution is 2.27. The first-order valence-electron chi connectivity index (χ1n) is 10.6. The van der Waals surface area contributed by atoms with Gasteiger partial charge in [0.25, 0.3) is 0 Å². The minimum atomic E-state index is 0.893. The summed E-state index contributed by atoms with van der Waals surface area (Å²) in [6, 6.07) is 21.2. The lowest BCUT2D eigenvalue weighted by atomic mass is 10.1. The SMILES string of the molecule is CCCCc1ccc(Nc2cc(CCC)nc3c(-c4ccccc4)cnn23)cc1. The van der Waals surface area contributed by atoms with Crippen LogP contribution in [-0.4, -0.2) is 14.6 Å². The Kier molecular flexibility index (Phi) is 5.89. The van der Waals surface area contributed by atoms with E-state index in [0.29, 0.717) is 0 Å². The Balaban J connectivity index is 1.70. The van der Waals surface area contributed by atoms with Gasteiger partial charge < -0.3 is 5.32 Å². The third-order valence-electron chi connectivity index (χ3n) is 5.16. The molecule has 4 rings (SSSR count). The zero-order valence-electron chi connectivity index (χ0n) is 17.2. The number of aryl methyl sites for hydroxylation is 2. The number of benzene rings is 2. The number of rotatable bonds is 8. The molecule has 0 spiro atoms. The van der Waals surface area contributed by atoms with E-state index in [2.05, 4.69) is 66.7 Å². The Hall–Kier alpha value is -3.14. The highest BCUT2D eigenvalue weighted by Gasteiger charge is 2.13. The summed E-state index contributed by atoms with van der Waals surface area (Å²) in [6.07, 6.45) is 7.50. The normalized spacial score (nSPS) is 11.1. The molecule has 0 unspecified atom stereocenters. The molecule has 2 aromatic carbocycles. The lowest BCUT2D eigenvalue weighted by Gasteiger charge is -2.12. The van der Waals surface area contributed by atoms with Crippen molar-refractivity contribution in [2.45, 2.75) is 46.0 Å². The lowest BCUT2D eigenvalue weighted by Crippen LogP contribution is -2.04. The maximum Gasteiger partial charge on any atom is 0.165 e. The van der Waals surface area contributed by atoms with E-state index in [4.69, 9.17) is 4.98 Å². The van der Waals surface area contributed by atoms with Gasteiger partial charge in [-0.3, -0.25) is 0 Å². The van der Waals surface area contributed by atoms with E-state index >= 15 is 0 Å². The van der Waals surface area contributed by atoms with Gasteiger partial charge in [-0.2, -0.15) is 9.61 Å². The van der Waals surface area contributed by atoms with Crippen molar-refractivity contribution in [1.82, 2.24) is 14.6 Å². The predicted octanol–water partition coefficient (Wildman–Crippen LogP) is 6.44. The van der Waals surface area contributed by atoms with E-state index in [1.165, 1.54) is 18.4 Å². The minimum absolute atomic E-state index is 0.893. The van der Waals surface area contributed by atoms with E-state index in [-0.39, 0.29) is 0 Å². The van der Waals surface area contributed by atoms with Crippen molar-refractivity contribution in [3.05, 3.63) is 78.1 Å². The number of nitrogens with zero attached hydrogens (tertiary/aromatic N) is 3. The number of hydrogen-bond acceptors (Lipinski definition) is 3. The van der Waals surface area contributed by atoms with Crippen LogP contribution < -0.4 is 5.32 Å². The predicted molar refractivity (Wildman–Crippen MR) is 121 cm³/mol. The highest BCUT2D eigenvalue weighted by atomic mass is 15.3. The Labute approximate surface area is 172 Å². The second kappa shape index (κ2) is 8.91. The molecule has 2 heterocycles. The standard InChI is InChI=1S/C25H28N4/c1-3-5-10-19-13-15-21(16-14-19)27-24-17-22(9-4-2)28-25-23(18-26-29(24)25)20-11-7-6-8-12-20/h6-8,11-18,27H,3-5,9-10H2,1-2H3. The number of anilines is 2. The first kappa shape index (κ1) is 19.2. The number of fused-ring (bicyclic) bond motifs is 1. The molecule has 0 amide bonds. The third kappa shape index (κ3) is 4.32. The average molecular weight is 385 g/mol. The van der Waals surface area contributed by atoms with Crippen molar-refractivity contribution in [2.75, 3.05) is 5.32 Å². The number of nitrogens with one attached hydrogen (secondary N) is 1. The van der Waals surface area contributed by atoms with E-state index < -0.39 is 0 Å². The van der Waals surface area contributed by atoms with Crippen LogP contribution in [0.3, 0.4) is 0 Å². The van der Waals surface area contributed by atoms with Crippen LogP contribution in [-0.2, 0) is 12.8 Å². The molecule has 0 fully saturated rings. The van der Waals surface area contributed by atoms with Crippen molar-refractivity contribution in [1.29, 1.82) is 0 Å². The maximum atomic E-state index is 4.91. The van der Waals surface area contributed by atoms with Gasteiger partial charge in [-0.15, -0.1) is 0 Å². The first-order valence-corrected chi connectivity index (χ1v) is 10.6. The Morgan fingerprint density at radius 2 is 1.69 bits per heavy atom. The molecular formula is C25H28N4. The number of hydrogen-bond donors (Lipinski definition) is 1. The monoisotopic (exact) mass is 384 g/mol. The molecule has 0 saturated carbocycles. The van der Waals surface area contributed by atoms with Crippen LogP contribution in [0, 0.1) is 0 Å². The summed E-state index contributed by atoms with van der Waals surface area (Å²) in [5, 5.41) is 8.20. The van der Waals surface area contributed by atoms with Gasteiger partial charge in [0, 0.05) is 23.0 Å². The smallest absolute Gasteiger partial charge is 0.165 e. The zero-order chi connectivity index (χ0) is 20.1. The summed E-state index contributed by atoms with van der Waals surface area (Å²) in [5.41, 5.74) is 6.62. The van der Waals surface area contributed by atoms with E-state index in [1.54, 1.807) is 0 Å². The quantitative estimate of drug-likeness (QED) is 0.380. The van der Waals surface area contributed by atoms with Crippen LogP contribution in [0.25, 0.3) is 16.8 Å². The molecule has 4 heteroatoms. The molecule has 2 aromatic heterocycles. The van der Waals surface area contributed by atoms with Gasteiger partial charge in [0.05, 0.1) is 6.20 Å². The molecule has 0 aliphatic rings. The fourth-order valence-electron chi connectivity index (χ4n) is 3.59. The summed E-state index contributed by atoms with van der Waals surface area (Å²) in [6.45, 7) is 4.41. The maximum absolute atomic E-state index is 4.91. The van der Waals surface area contributed by atoms with Crippen molar-refractivity contribution in [3.8, 4) is 11.1 Å². The van der Waals surface area contributed by atoms with Crippen LogP contribution in [0.5, 0.6) is 0 Å². The van der Waals surface area contributed by atoms with Gasteiger partial charge >= 0.3 is 0 Å². The second-order valence-corrected chi connectivity index (χ2v) is 7.47. The molecule has 0 aliphatic carbocycles. The number of unbranched alkanes of at least 4 members (excludes halogenated alkanes) is 1. The minimum Gasteiger partial charge on any atom is -0.340 e. The Morgan fingerprint density at radius 3 is 2.41 bits per heavy atom. The lowest BCUT2D eigenvalue weighted by molar-refractivity contribution is 0.795. The molecule has 0 bridgehead atoms. The van der Waals surface area contributed by atoms with Crippen LogP contribution in [0.15, 0.2) is 66.9 Å². The summed E-state index contributed by atoms with van der Waals surface area (Å²) < 4.78 is 1.91. The van der Waals surface area contributed by atoms with Crippen molar-refractivity contribution < 1.29 is 0 Å². The first-order chi connectivity index (χ1) is 14.3. The van der Waals surface area contributed by atoms with Crippen LogP contribution in [0.2, 0.25) is 0 Å². The molecule has 29 heavy (non-hydrogen) atoms. The fraction of sp³-hybridized carbons (Fsp3) is 0.280. The second-order valence-electron chi connectivity index (χ2n) is 7.47. The molecule has 4 aromatic rings. The van der Waals surface area contributed by atoms with Crippen LogP contribution in [0.4, 0.5) is 11.5 Å². The van der Waals surface area contributed by atoms with Crippen LogP contribution in [0.1, 0.15) is 44.4 Å². The van der Waals surface area contributed by atoms with Gasteiger partial charge in [-0.25, -0.2) is 4.98 Å². The van der Waals surface area contributed by atoms with Crippen LogP contribution >= 0.6 is 0 Å². The summed E-state index contributed by atoms with van der Waals surface area (Å²) in [5.74, 6) is 0.946. The molecule has 0 radical (unpaired) electrons. The summed E-state index contributed by atoms with van der Waals surface area (Å²) in [7, 11) is 0. The van der Waals surface area contributed by atoms with E-state index in [9.17, 15) is 0 Å². The Morgan fingerprint density at radius 1 is 0.897 bits per heavy atom. The van der Waals surface area contributed by atoms with Gasteiger partial charge in [0.15, 0.2) is 5.65 Å². The topological polar surface area (TPSA) is 42.2 Å². The molecular weight excluding hydrogens is 356 g/mol. The largest absolute Gasteiger partial charge is 0.340 e. The van der Waals surface area contributed by atoms with Gasteiger partial charge in [0.1, 0.15) is 5.82 Å². The van der Waals surface area contributed by atoms with Gasteiger partial charge in [0.2, 0.25) is 0 Å². The highest BCUT2D eigenvalue weighted by molar-refractivity contribution is 5.78. The molecule has 0 aliphatic heterocycles. The van der Waals surface area contributed by atoms with Gasteiger partial charge in [-0.05, 0) is 42.5 Å². The van der Waals surface area contributed by atoms with E-state index in [1.807, 2.05) is 28.9 Å². The summed E-state index contributed by atoms with van der Waals surface area (Å²) in [4.78, 5) is 4.91. The van der Waals surface area contributed by atoms with Crippen molar-refractivity contribution >= 4 is 17.2 Å². The molecule has 148 valence electrons.